The van der Waals surface area contributed by atoms with Crippen LogP contribution < -0.4 is 5.32 Å². The molecular formula is C17H23NS. The fourth-order valence-electron chi connectivity index (χ4n) is 2.36. The average Bonchev–Trinajstić information content (AvgIpc) is 2.71. The maximum absolute atomic E-state index is 3.69. The van der Waals surface area contributed by atoms with Gasteiger partial charge in [-0.05, 0) is 50.9 Å². The third kappa shape index (κ3) is 3.46. The van der Waals surface area contributed by atoms with Crippen molar-refractivity contribution in [1.29, 1.82) is 0 Å². The number of rotatable bonds is 5. The van der Waals surface area contributed by atoms with Crippen LogP contribution in [0.1, 0.15) is 45.8 Å². The number of nitrogens with one attached hydrogen (secondary N) is 1. The van der Waals surface area contributed by atoms with Crippen LogP contribution in [-0.4, -0.2) is 6.54 Å². The van der Waals surface area contributed by atoms with E-state index in [-0.39, 0.29) is 0 Å². The zero-order chi connectivity index (χ0) is 13.8. The molecule has 1 aromatic heterocycles. The van der Waals surface area contributed by atoms with Crippen LogP contribution in [0.15, 0.2) is 30.3 Å². The highest BCUT2D eigenvalue weighted by molar-refractivity contribution is 7.12. The van der Waals surface area contributed by atoms with Gasteiger partial charge >= 0.3 is 0 Å². The van der Waals surface area contributed by atoms with Gasteiger partial charge in [-0.15, -0.1) is 11.3 Å². The summed E-state index contributed by atoms with van der Waals surface area (Å²) in [5.41, 5.74) is 4.08. The second-order valence-corrected chi connectivity index (χ2v) is 6.49. The Morgan fingerprint density at radius 3 is 2.32 bits per heavy atom. The van der Waals surface area contributed by atoms with Gasteiger partial charge in [-0.1, -0.05) is 36.8 Å². The molecule has 1 heterocycles. The van der Waals surface area contributed by atoms with E-state index < -0.39 is 0 Å². The SMILES string of the molecule is CCCNC(c1ccc(C)cc1)c1sc(C)cc1C. The van der Waals surface area contributed by atoms with E-state index in [2.05, 4.69) is 63.3 Å². The maximum atomic E-state index is 3.69. The first-order chi connectivity index (χ1) is 9.11. The average molecular weight is 273 g/mol. The van der Waals surface area contributed by atoms with Crippen LogP contribution in [-0.2, 0) is 0 Å². The van der Waals surface area contributed by atoms with Crippen molar-refractivity contribution >= 4 is 11.3 Å². The third-order valence-corrected chi connectivity index (χ3v) is 4.57. The first-order valence-corrected chi connectivity index (χ1v) is 7.80. The van der Waals surface area contributed by atoms with Gasteiger partial charge in [0, 0.05) is 9.75 Å². The van der Waals surface area contributed by atoms with Crippen molar-refractivity contribution < 1.29 is 0 Å². The smallest absolute Gasteiger partial charge is 0.0673 e. The topological polar surface area (TPSA) is 12.0 Å². The molecule has 0 aliphatic carbocycles. The lowest BCUT2D eigenvalue weighted by atomic mass is 10.0. The fourth-order valence-corrected chi connectivity index (χ4v) is 3.50. The van der Waals surface area contributed by atoms with E-state index >= 15 is 0 Å². The number of aryl methyl sites for hydroxylation is 3. The molecule has 1 unspecified atom stereocenters. The van der Waals surface area contributed by atoms with Gasteiger partial charge in [0.05, 0.1) is 6.04 Å². The Kier molecular flexibility index (Phi) is 4.78. The molecule has 0 saturated heterocycles. The second-order valence-electron chi connectivity index (χ2n) is 5.20. The summed E-state index contributed by atoms with van der Waals surface area (Å²) in [6.45, 7) is 9.81. The molecule has 0 amide bonds. The Morgan fingerprint density at radius 2 is 1.79 bits per heavy atom. The lowest BCUT2D eigenvalue weighted by molar-refractivity contribution is 0.604. The van der Waals surface area contributed by atoms with E-state index in [9.17, 15) is 0 Å². The van der Waals surface area contributed by atoms with Gasteiger partial charge in [0.1, 0.15) is 0 Å². The molecule has 1 N–H and O–H groups in total. The van der Waals surface area contributed by atoms with Gasteiger partial charge in [0.2, 0.25) is 0 Å². The standard InChI is InChI=1S/C17H23NS/c1-5-10-18-16(15-8-6-12(2)7-9-15)17-13(3)11-14(4)19-17/h6-9,11,16,18H,5,10H2,1-4H3. The lowest BCUT2D eigenvalue weighted by Crippen LogP contribution is -2.22. The van der Waals surface area contributed by atoms with Crippen LogP contribution in [0.3, 0.4) is 0 Å². The Labute approximate surface area is 120 Å². The minimum absolute atomic E-state index is 0.333. The Morgan fingerprint density at radius 1 is 1.11 bits per heavy atom. The second kappa shape index (κ2) is 6.36. The van der Waals surface area contributed by atoms with E-state index in [1.165, 1.54) is 26.4 Å². The maximum Gasteiger partial charge on any atom is 0.0673 e. The van der Waals surface area contributed by atoms with Gasteiger partial charge in [-0.25, -0.2) is 0 Å². The Balaban J connectivity index is 2.35. The molecule has 2 heteroatoms. The largest absolute Gasteiger partial charge is 0.306 e. The zero-order valence-corrected chi connectivity index (χ0v) is 13.1. The molecule has 0 spiro atoms. The highest BCUT2D eigenvalue weighted by Gasteiger charge is 2.17. The molecule has 2 rings (SSSR count). The molecule has 0 bridgehead atoms. The number of hydrogen-bond donors (Lipinski definition) is 1. The van der Waals surface area contributed by atoms with Crippen molar-refractivity contribution in [2.24, 2.45) is 0 Å². The number of hydrogen-bond acceptors (Lipinski definition) is 2. The van der Waals surface area contributed by atoms with Gasteiger partial charge in [-0.2, -0.15) is 0 Å². The molecular weight excluding hydrogens is 250 g/mol. The quantitative estimate of drug-likeness (QED) is 0.828. The van der Waals surface area contributed by atoms with Crippen LogP contribution in [0.5, 0.6) is 0 Å². The molecule has 1 nitrogen and oxygen atoms in total. The molecule has 0 fully saturated rings. The van der Waals surface area contributed by atoms with Crippen LogP contribution >= 0.6 is 11.3 Å². The molecule has 0 aliphatic rings. The summed E-state index contributed by atoms with van der Waals surface area (Å²) in [7, 11) is 0. The molecule has 1 aromatic carbocycles. The summed E-state index contributed by atoms with van der Waals surface area (Å²) in [6.07, 6.45) is 1.16. The van der Waals surface area contributed by atoms with E-state index in [0.29, 0.717) is 6.04 Å². The van der Waals surface area contributed by atoms with Crippen molar-refractivity contribution in [3.63, 3.8) is 0 Å². The van der Waals surface area contributed by atoms with Gasteiger partial charge in [0.15, 0.2) is 0 Å². The van der Waals surface area contributed by atoms with Gasteiger partial charge in [0.25, 0.3) is 0 Å². The predicted molar refractivity (Wildman–Crippen MR) is 85.1 cm³/mol. The first-order valence-electron chi connectivity index (χ1n) is 6.98. The summed E-state index contributed by atoms with van der Waals surface area (Å²) in [4.78, 5) is 2.85. The van der Waals surface area contributed by atoms with E-state index in [1.54, 1.807) is 0 Å². The molecule has 19 heavy (non-hydrogen) atoms. The summed E-state index contributed by atoms with van der Waals surface area (Å²) < 4.78 is 0. The van der Waals surface area contributed by atoms with Crippen LogP contribution in [0.4, 0.5) is 0 Å². The monoisotopic (exact) mass is 273 g/mol. The Bertz CT molecular complexity index is 525. The molecule has 0 aliphatic heterocycles. The lowest BCUT2D eigenvalue weighted by Gasteiger charge is -2.19. The van der Waals surface area contributed by atoms with E-state index in [4.69, 9.17) is 0 Å². The van der Waals surface area contributed by atoms with Crippen molar-refractivity contribution in [3.05, 3.63) is 56.8 Å². The zero-order valence-electron chi connectivity index (χ0n) is 12.3. The number of thiophene rings is 1. The fraction of sp³-hybridized carbons (Fsp3) is 0.412. The van der Waals surface area contributed by atoms with Crippen molar-refractivity contribution in [1.82, 2.24) is 5.32 Å². The van der Waals surface area contributed by atoms with Gasteiger partial charge in [-0.3, -0.25) is 0 Å². The summed E-state index contributed by atoms with van der Waals surface area (Å²) in [5, 5.41) is 3.69. The molecule has 1 atom stereocenters. The Hall–Kier alpha value is -1.12. The number of benzene rings is 1. The van der Waals surface area contributed by atoms with E-state index in [1.807, 2.05) is 11.3 Å². The van der Waals surface area contributed by atoms with Crippen molar-refractivity contribution in [3.8, 4) is 0 Å². The summed E-state index contributed by atoms with van der Waals surface area (Å²) in [5.74, 6) is 0. The summed E-state index contributed by atoms with van der Waals surface area (Å²) in [6, 6.07) is 11.5. The van der Waals surface area contributed by atoms with Crippen molar-refractivity contribution in [2.75, 3.05) is 6.54 Å². The molecule has 2 aromatic rings. The highest BCUT2D eigenvalue weighted by Crippen LogP contribution is 2.32. The summed E-state index contributed by atoms with van der Waals surface area (Å²) >= 11 is 1.91. The minimum atomic E-state index is 0.333. The van der Waals surface area contributed by atoms with Crippen LogP contribution in [0, 0.1) is 20.8 Å². The van der Waals surface area contributed by atoms with Crippen LogP contribution in [0.25, 0.3) is 0 Å². The molecule has 0 saturated carbocycles. The van der Waals surface area contributed by atoms with Crippen molar-refractivity contribution in [2.45, 2.75) is 40.2 Å². The van der Waals surface area contributed by atoms with Gasteiger partial charge < -0.3 is 5.32 Å². The predicted octanol–water partition coefficient (Wildman–Crippen LogP) is 4.76. The normalized spacial score (nSPS) is 12.6. The first kappa shape index (κ1) is 14.3. The highest BCUT2D eigenvalue weighted by atomic mass is 32.1. The van der Waals surface area contributed by atoms with E-state index in [0.717, 1.165) is 13.0 Å². The molecule has 0 radical (unpaired) electrons. The third-order valence-electron chi connectivity index (χ3n) is 3.35. The molecule has 102 valence electrons. The van der Waals surface area contributed by atoms with Crippen LogP contribution in [0.2, 0.25) is 0 Å². The minimum Gasteiger partial charge on any atom is -0.306 e.